The number of cyclic esters (lactones) is 1. The van der Waals surface area contributed by atoms with Crippen molar-refractivity contribution in [2.45, 2.75) is 70.8 Å². The van der Waals surface area contributed by atoms with Crippen molar-refractivity contribution in [2.24, 2.45) is 34.5 Å². The van der Waals surface area contributed by atoms with Gasteiger partial charge in [0.1, 0.15) is 18.2 Å². The Bertz CT molecular complexity index is 799. The second kappa shape index (κ2) is 5.78. The van der Waals surface area contributed by atoms with E-state index in [9.17, 15) is 19.5 Å². The van der Waals surface area contributed by atoms with Gasteiger partial charge in [0.25, 0.3) is 0 Å². The van der Waals surface area contributed by atoms with E-state index in [0.717, 1.165) is 37.7 Å². The second-order valence-electron chi connectivity index (χ2n) is 10.5. The van der Waals surface area contributed by atoms with E-state index in [1.54, 1.807) is 0 Å². The van der Waals surface area contributed by atoms with Gasteiger partial charge in [-0.25, -0.2) is 4.79 Å². The van der Waals surface area contributed by atoms with E-state index in [0.29, 0.717) is 30.5 Å². The molecule has 0 saturated heterocycles. The molecule has 4 saturated carbocycles. The number of hydrogen-bond donors (Lipinski definition) is 1. The van der Waals surface area contributed by atoms with Gasteiger partial charge in [-0.15, -0.1) is 0 Å². The largest absolute Gasteiger partial charge is 0.458 e. The Morgan fingerprint density at radius 1 is 1.07 bits per heavy atom. The minimum absolute atomic E-state index is 0.0568. The first-order valence-electron chi connectivity index (χ1n) is 10.8. The summed E-state index contributed by atoms with van der Waals surface area (Å²) >= 11 is 0. The van der Waals surface area contributed by atoms with Gasteiger partial charge in [-0.1, -0.05) is 13.8 Å². The van der Waals surface area contributed by atoms with Crippen molar-refractivity contribution < 1.29 is 24.2 Å². The summed E-state index contributed by atoms with van der Waals surface area (Å²) in [6.07, 6.45) is 7.51. The molecule has 0 aromatic heterocycles. The fourth-order valence-electron chi connectivity index (χ4n) is 8.00. The SMILES string of the molecule is C[C@]12CCC(=O)C[C@H]1CC[C@@H]1[C@@H]2CC[C@]2(C)[C@H](C3=CC(=O)OC3)C(=O)C[C@]12O. The lowest BCUT2D eigenvalue weighted by molar-refractivity contribution is -0.203. The molecule has 0 aromatic carbocycles. The van der Waals surface area contributed by atoms with Crippen LogP contribution in [-0.2, 0) is 19.1 Å². The number of Topliss-reactive ketones (excluding diaryl/α,β-unsaturated/α-hetero) is 2. The normalized spacial score (nSPS) is 50.5. The van der Waals surface area contributed by atoms with Crippen LogP contribution in [-0.4, -0.2) is 34.9 Å². The average Bonchev–Trinajstić information content (AvgIpc) is 3.13. The molecule has 1 heterocycles. The Kier molecular flexibility index (Phi) is 3.82. The van der Waals surface area contributed by atoms with Crippen molar-refractivity contribution in [1.82, 2.24) is 0 Å². The lowest BCUT2D eigenvalue weighted by Crippen LogP contribution is -2.62. The number of aliphatic hydroxyl groups is 1. The van der Waals surface area contributed by atoms with Gasteiger partial charge >= 0.3 is 5.97 Å². The summed E-state index contributed by atoms with van der Waals surface area (Å²) in [5.41, 5.74) is -0.742. The van der Waals surface area contributed by atoms with E-state index in [4.69, 9.17) is 4.74 Å². The van der Waals surface area contributed by atoms with Crippen molar-refractivity contribution in [2.75, 3.05) is 6.61 Å². The van der Waals surface area contributed by atoms with Gasteiger partial charge in [0, 0.05) is 30.8 Å². The maximum absolute atomic E-state index is 13.1. The number of rotatable bonds is 1. The molecular weight excluding hydrogens is 356 g/mol. The van der Waals surface area contributed by atoms with Crippen molar-refractivity contribution >= 4 is 17.5 Å². The fraction of sp³-hybridized carbons (Fsp3) is 0.783. The summed E-state index contributed by atoms with van der Waals surface area (Å²) in [5.74, 6) is 0.515. The van der Waals surface area contributed by atoms with Crippen molar-refractivity contribution in [3.8, 4) is 0 Å². The summed E-state index contributed by atoms with van der Waals surface area (Å²) < 4.78 is 5.09. The van der Waals surface area contributed by atoms with E-state index in [-0.39, 0.29) is 36.1 Å². The van der Waals surface area contributed by atoms with Crippen LogP contribution in [0.3, 0.4) is 0 Å². The third-order valence-corrected chi connectivity index (χ3v) is 9.54. The molecule has 5 rings (SSSR count). The van der Waals surface area contributed by atoms with Crippen LogP contribution in [0.15, 0.2) is 11.6 Å². The van der Waals surface area contributed by atoms with Gasteiger partial charge in [-0.2, -0.15) is 0 Å². The highest BCUT2D eigenvalue weighted by atomic mass is 16.5. The monoisotopic (exact) mass is 386 g/mol. The molecule has 1 aliphatic heterocycles. The van der Waals surface area contributed by atoms with Gasteiger partial charge in [0.05, 0.1) is 11.5 Å². The number of hydrogen-bond acceptors (Lipinski definition) is 5. The molecule has 0 amide bonds. The van der Waals surface area contributed by atoms with Crippen LogP contribution in [0.25, 0.3) is 0 Å². The van der Waals surface area contributed by atoms with Crippen molar-refractivity contribution in [3.05, 3.63) is 11.6 Å². The molecule has 4 aliphatic carbocycles. The summed E-state index contributed by atoms with van der Waals surface area (Å²) in [5, 5.41) is 12.0. The third kappa shape index (κ3) is 2.20. The van der Waals surface area contributed by atoms with Gasteiger partial charge in [-0.3, -0.25) is 9.59 Å². The highest BCUT2D eigenvalue weighted by Gasteiger charge is 2.70. The molecule has 0 radical (unpaired) electrons. The molecule has 0 unspecified atom stereocenters. The lowest BCUT2D eigenvalue weighted by atomic mass is 9.43. The highest BCUT2D eigenvalue weighted by Crippen LogP contribution is 2.69. The first-order valence-corrected chi connectivity index (χ1v) is 10.8. The molecule has 0 spiro atoms. The van der Waals surface area contributed by atoms with Gasteiger partial charge in [0.2, 0.25) is 0 Å². The molecule has 0 aromatic rings. The molecule has 4 fully saturated rings. The Morgan fingerprint density at radius 2 is 1.86 bits per heavy atom. The smallest absolute Gasteiger partial charge is 0.331 e. The van der Waals surface area contributed by atoms with Crippen LogP contribution in [0, 0.1) is 34.5 Å². The van der Waals surface area contributed by atoms with Gasteiger partial charge < -0.3 is 9.84 Å². The van der Waals surface area contributed by atoms with Crippen molar-refractivity contribution in [3.63, 3.8) is 0 Å². The third-order valence-electron chi connectivity index (χ3n) is 9.54. The van der Waals surface area contributed by atoms with E-state index < -0.39 is 16.9 Å². The Hall–Kier alpha value is -1.49. The quantitative estimate of drug-likeness (QED) is 0.701. The van der Waals surface area contributed by atoms with E-state index in [1.165, 1.54) is 6.08 Å². The first-order chi connectivity index (χ1) is 13.2. The average molecular weight is 386 g/mol. The molecule has 5 heteroatoms. The molecular formula is C23H30O5. The van der Waals surface area contributed by atoms with Crippen molar-refractivity contribution in [1.29, 1.82) is 0 Å². The minimum atomic E-state index is -1.03. The zero-order valence-corrected chi connectivity index (χ0v) is 16.8. The van der Waals surface area contributed by atoms with Crippen LogP contribution < -0.4 is 0 Å². The van der Waals surface area contributed by atoms with Gasteiger partial charge in [0.15, 0.2) is 0 Å². The number of carbonyl (C=O) groups excluding carboxylic acids is 3. The van der Waals surface area contributed by atoms with Crippen LogP contribution in [0.2, 0.25) is 0 Å². The summed E-state index contributed by atoms with van der Waals surface area (Å²) in [6, 6.07) is 0. The number of carbonyl (C=O) groups is 3. The molecule has 28 heavy (non-hydrogen) atoms. The second-order valence-corrected chi connectivity index (χ2v) is 10.5. The van der Waals surface area contributed by atoms with E-state index in [1.807, 2.05) is 0 Å². The zero-order chi connectivity index (χ0) is 19.9. The van der Waals surface area contributed by atoms with Crippen LogP contribution in [0.1, 0.15) is 65.2 Å². The number of fused-ring (bicyclic) bond motifs is 5. The van der Waals surface area contributed by atoms with Crippen LogP contribution in [0.5, 0.6) is 0 Å². The van der Waals surface area contributed by atoms with Gasteiger partial charge in [-0.05, 0) is 60.8 Å². The van der Waals surface area contributed by atoms with Crippen LogP contribution in [0.4, 0.5) is 0 Å². The van der Waals surface area contributed by atoms with E-state index in [2.05, 4.69) is 13.8 Å². The van der Waals surface area contributed by atoms with E-state index >= 15 is 0 Å². The number of ether oxygens (including phenoxy) is 1. The summed E-state index contributed by atoms with van der Waals surface area (Å²) in [6.45, 7) is 4.56. The molecule has 152 valence electrons. The molecule has 1 N–H and O–H groups in total. The Labute approximate surface area is 165 Å². The molecule has 5 aliphatic rings. The Balaban J connectivity index is 1.52. The standard InChI is InChI=1S/C23H30O5/c1-21-7-5-15(24)10-14(21)3-4-17-16(21)6-8-22(2)20(13-9-19(26)28-12-13)18(25)11-23(17,22)27/h9,14,16-17,20,27H,3-8,10-12H2,1-2H3/t14-,16+,17-,20-,21+,22-,23+/m1/s1. The number of ketones is 2. The molecule has 7 atom stereocenters. The summed E-state index contributed by atoms with van der Waals surface area (Å²) in [7, 11) is 0. The highest BCUT2D eigenvalue weighted by molar-refractivity contribution is 5.93. The first kappa shape index (κ1) is 18.5. The zero-order valence-electron chi connectivity index (χ0n) is 16.8. The van der Waals surface area contributed by atoms with Crippen LogP contribution >= 0.6 is 0 Å². The lowest BCUT2D eigenvalue weighted by Gasteiger charge is -2.62. The summed E-state index contributed by atoms with van der Waals surface area (Å²) in [4.78, 5) is 36.8. The molecule has 5 nitrogen and oxygen atoms in total. The topological polar surface area (TPSA) is 80.7 Å². The minimum Gasteiger partial charge on any atom is -0.458 e. The Morgan fingerprint density at radius 3 is 2.57 bits per heavy atom. The maximum atomic E-state index is 13.1. The predicted molar refractivity (Wildman–Crippen MR) is 101 cm³/mol. The number of esters is 1. The fourth-order valence-corrected chi connectivity index (χ4v) is 8.00. The predicted octanol–water partition coefficient (Wildman–Crippen LogP) is 2.99. The molecule has 0 bridgehead atoms. The maximum Gasteiger partial charge on any atom is 0.331 e.